The summed E-state index contributed by atoms with van der Waals surface area (Å²) >= 11 is 0. The minimum Gasteiger partial charge on any atom is -0.186 e. The third-order valence-corrected chi connectivity index (χ3v) is 0.480. The van der Waals surface area contributed by atoms with Crippen LogP contribution in [-0.2, 0) is 0 Å². The van der Waals surface area contributed by atoms with Crippen molar-refractivity contribution >= 4 is 12.2 Å². The molecule has 0 amide bonds. The lowest BCUT2D eigenvalue weighted by molar-refractivity contribution is 0.953. The number of hydrogen-bond acceptors (Lipinski definition) is 4. The monoisotopic (exact) mass is 93.0 g/mol. The molecule has 1 rings (SSSR count). The van der Waals surface area contributed by atoms with Gasteiger partial charge < -0.3 is 0 Å². The number of nitrogens with zero attached hydrogens (tertiary/aromatic N) is 3. The Morgan fingerprint density at radius 3 is 3.14 bits per heavy atom. The molecule has 0 aromatic carbocycles. The average molecular weight is 93.1 g/mol. The van der Waals surface area contributed by atoms with E-state index in [1.165, 1.54) is 0 Å². The lowest BCUT2D eigenvalue weighted by Gasteiger charge is -1.65. The summed E-state index contributed by atoms with van der Waals surface area (Å²) in [6, 6.07) is 1.75. The Hall–Kier alpha value is -1.37. The topological polar surface area (TPSA) is 62.3 Å². The lowest BCUT2D eigenvalue weighted by atomic mass is 10.7. The second-order valence-corrected chi connectivity index (χ2v) is 0.896. The molecule has 0 fully saturated rings. The predicted molar refractivity (Wildman–Crippen MR) is 23.3 cm³/mol. The van der Waals surface area contributed by atoms with Crippen LogP contribution in [0.3, 0.4) is 0 Å². The van der Waals surface area contributed by atoms with Gasteiger partial charge in [-0.1, -0.05) is 0 Å². The Bertz CT molecular complexity index is 160. The van der Waals surface area contributed by atoms with E-state index >= 15 is 0 Å². The van der Waals surface area contributed by atoms with Gasteiger partial charge in [0.05, 0.1) is 5.10 Å². The van der Waals surface area contributed by atoms with Crippen LogP contribution in [0.25, 0.3) is 0 Å². The van der Waals surface area contributed by atoms with E-state index in [1.807, 2.05) is 0 Å². The van der Waals surface area contributed by atoms with Gasteiger partial charge in [-0.15, -0.1) is 5.43 Å². The van der Waals surface area contributed by atoms with Gasteiger partial charge in [0.2, 0.25) is 0 Å². The van der Waals surface area contributed by atoms with Crippen LogP contribution >= 0.6 is 0 Å². The maximum absolute atomic E-state index is 8.02. The van der Waals surface area contributed by atoms with E-state index in [1.54, 1.807) is 6.07 Å². The molecular weight excluding hydrogens is 92.1 g/mol. The SMILES string of the molecule is N#CC1=N[C]=[N+]N1. The summed E-state index contributed by atoms with van der Waals surface area (Å²) in [5.41, 5.74) is 2.31. The molecule has 1 aliphatic rings. The first-order chi connectivity index (χ1) is 3.43. The summed E-state index contributed by atoms with van der Waals surface area (Å²) in [5.74, 6) is 0.194. The summed E-state index contributed by atoms with van der Waals surface area (Å²) < 4.78 is 0. The molecule has 32 valence electrons. The molecule has 0 saturated carbocycles. The van der Waals surface area contributed by atoms with Crippen LogP contribution in [0, 0.1) is 11.3 Å². The molecule has 0 unspecified atom stereocenters. The number of rotatable bonds is 0. The first kappa shape index (κ1) is 3.81. The van der Waals surface area contributed by atoms with E-state index < -0.39 is 0 Å². The van der Waals surface area contributed by atoms with Crippen molar-refractivity contribution in [2.75, 3.05) is 0 Å². The van der Waals surface area contributed by atoms with Gasteiger partial charge in [-0.2, -0.15) is 5.26 Å². The fourth-order valence-corrected chi connectivity index (χ4v) is 0.228. The van der Waals surface area contributed by atoms with Crippen LogP contribution in [0.1, 0.15) is 0 Å². The summed E-state index contributed by atoms with van der Waals surface area (Å²) in [7, 11) is 0. The Kier molecular flexibility index (Phi) is 0.755. The Labute approximate surface area is 40.2 Å². The maximum Gasteiger partial charge on any atom is 0.491 e. The molecule has 1 aliphatic heterocycles. The van der Waals surface area contributed by atoms with Gasteiger partial charge in [-0.3, -0.25) is 0 Å². The van der Waals surface area contributed by atoms with Gasteiger partial charge in [-0.25, -0.2) is 0 Å². The van der Waals surface area contributed by atoms with Crippen molar-refractivity contribution < 1.29 is 0 Å². The van der Waals surface area contributed by atoms with Crippen molar-refractivity contribution in [3.63, 3.8) is 0 Å². The zero-order chi connectivity index (χ0) is 5.11. The van der Waals surface area contributed by atoms with Crippen molar-refractivity contribution in [3.8, 4) is 6.07 Å². The van der Waals surface area contributed by atoms with Crippen LogP contribution in [0.4, 0.5) is 0 Å². The highest BCUT2D eigenvalue weighted by atomic mass is 15.4. The van der Waals surface area contributed by atoms with E-state index in [0.717, 1.165) is 0 Å². The van der Waals surface area contributed by atoms with Gasteiger partial charge >= 0.3 is 12.2 Å². The largest absolute Gasteiger partial charge is 0.491 e. The summed E-state index contributed by atoms with van der Waals surface area (Å²) in [6.07, 6.45) is 2.20. The van der Waals surface area contributed by atoms with Crippen molar-refractivity contribution in [1.82, 2.24) is 10.5 Å². The van der Waals surface area contributed by atoms with Gasteiger partial charge in [-0.05, 0) is 0 Å². The maximum atomic E-state index is 8.02. The molecule has 0 spiro atoms. The van der Waals surface area contributed by atoms with Crippen molar-refractivity contribution in [2.45, 2.75) is 0 Å². The molecule has 1 heterocycles. The average Bonchev–Trinajstić information content (AvgIpc) is 2.14. The lowest BCUT2D eigenvalue weighted by Crippen LogP contribution is -2.17. The highest BCUT2D eigenvalue weighted by Gasteiger charge is 2.10. The van der Waals surface area contributed by atoms with Crippen LogP contribution in [-0.4, -0.2) is 12.2 Å². The van der Waals surface area contributed by atoms with E-state index in [0.29, 0.717) is 0 Å². The normalized spacial score (nSPS) is 15.0. The van der Waals surface area contributed by atoms with E-state index in [9.17, 15) is 0 Å². The van der Waals surface area contributed by atoms with Gasteiger partial charge in [0.15, 0.2) is 6.07 Å². The zero-order valence-electron chi connectivity index (χ0n) is 3.34. The molecule has 0 atom stereocenters. The molecule has 0 bridgehead atoms. The van der Waals surface area contributed by atoms with Crippen LogP contribution in [0.2, 0.25) is 0 Å². The smallest absolute Gasteiger partial charge is 0.186 e. The number of nitriles is 1. The second kappa shape index (κ2) is 1.39. The second-order valence-electron chi connectivity index (χ2n) is 0.896. The van der Waals surface area contributed by atoms with E-state index in [-0.39, 0.29) is 5.84 Å². The van der Waals surface area contributed by atoms with Crippen LogP contribution < -0.4 is 10.5 Å². The fraction of sp³-hybridized carbons (Fsp3) is 0. The van der Waals surface area contributed by atoms with Crippen molar-refractivity contribution in [2.24, 2.45) is 4.99 Å². The minimum atomic E-state index is 0.194. The number of nitrogens with one attached hydrogen (secondary N) is 1. The number of hydrazone groups is 1. The first-order valence-electron chi connectivity index (χ1n) is 1.62. The van der Waals surface area contributed by atoms with E-state index in [2.05, 4.69) is 21.9 Å². The number of amidine groups is 1. The third kappa shape index (κ3) is 0.550. The van der Waals surface area contributed by atoms with Crippen molar-refractivity contribution in [1.29, 1.82) is 5.26 Å². The third-order valence-electron chi connectivity index (χ3n) is 0.480. The summed E-state index contributed by atoms with van der Waals surface area (Å²) in [6.45, 7) is 0. The Balaban J connectivity index is 2.67. The number of aliphatic imine (C=N–C) groups is 1. The van der Waals surface area contributed by atoms with Crippen LogP contribution in [0.15, 0.2) is 4.99 Å². The van der Waals surface area contributed by atoms with Gasteiger partial charge in [0, 0.05) is 4.99 Å². The minimum absolute atomic E-state index is 0.194. The van der Waals surface area contributed by atoms with Crippen LogP contribution in [0.5, 0.6) is 0 Å². The first-order valence-corrected chi connectivity index (χ1v) is 1.62. The standard InChI is InChI=1S/C3HN4/c4-1-3-5-2-6-7-3/h(H,5,7)/q+1. The quantitative estimate of drug-likeness (QED) is 0.403. The van der Waals surface area contributed by atoms with Gasteiger partial charge in [0.25, 0.3) is 0 Å². The molecule has 1 N–H and O–H groups in total. The summed E-state index contributed by atoms with van der Waals surface area (Å²) in [5, 5.41) is 11.3. The molecule has 4 nitrogen and oxygen atoms in total. The van der Waals surface area contributed by atoms with E-state index in [4.69, 9.17) is 5.26 Å². The number of hydrogen-bond donors (Lipinski definition) is 1. The molecular formula is C3HN4+. The molecule has 0 aromatic heterocycles. The fourth-order valence-electron chi connectivity index (χ4n) is 0.228. The molecule has 2 radical (unpaired) electrons. The summed E-state index contributed by atoms with van der Waals surface area (Å²) in [4.78, 5) is 3.38. The predicted octanol–water partition coefficient (Wildman–Crippen LogP) is -1.33. The Morgan fingerprint density at radius 2 is 2.86 bits per heavy atom. The van der Waals surface area contributed by atoms with Gasteiger partial charge in [0.1, 0.15) is 0 Å². The molecule has 7 heavy (non-hydrogen) atoms. The highest BCUT2D eigenvalue weighted by Crippen LogP contribution is 1.68. The molecule has 0 saturated heterocycles. The Morgan fingerprint density at radius 1 is 2.00 bits per heavy atom. The molecule has 0 aliphatic carbocycles. The highest BCUT2D eigenvalue weighted by molar-refractivity contribution is 6.02. The molecule has 4 heteroatoms. The zero-order valence-corrected chi connectivity index (χ0v) is 3.34. The molecule has 0 aromatic rings. The van der Waals surface area contributed by atoms with Crippen molar-refractivity contribution in [3.05, 3.63) is 0 Å².